The van der Waals surface area contributed by atoms with Gasteiger partial charge in [0.05, 0.1) is 25.6 Å². The van der Waals surface area contributed by atoms with Gasteiger partial charge < -0.3 is 24.0 Å². The average molecular weight is 404 g/mol. The Kier molecular flexibility index (Phi) is 6.39. The van der Waals surface area contributed by atoms with Gasteiger partial charge in [0.25, 0.3) is 0 Å². The first-order valence-corrected chi connectivity index (χ1v) is 9.78. The molecule has 9 nitrogen and oxygen atoms in total. The first-order chi connectivity index (χ1) is 12.5. The maximum absolute atomic E-state index is 11.7. The molecular formula is C15H19ClN3O6P. The molecule has 1 saturated heterocycles. The number of nitrogens with zero attached hydrogens (tertiary/aromatic N) is 3. The van der Waals surface area contributed by atoms with Crippen LogP contribution in [0.15, 0.2) is 18.5 Å². The maximum Gasteiger partial charge on any atom is 0.344 e. The van der Waals surface area contributed by atoms with Crippen LogP contribution in [0.4, 0.5) is 0 Å². The van der Waals surface area contributed by atoms with Crippen LogP contribution in [0.2, 0.25) is 5.15 Å². The van der Waals surface area contributed by atoms with Gasteiger partial charge in [0.1, 0.15) is 16.9 Å². The van der Waals surface area contributed by atoms with Crippen LogP contribution in [0.5, 0.6) is 0 Å². The van der Waals surface area contributed by atoms with E-state index >= 15 is 0 Å². The summed E-state index contributed by atoms with van der Waals surface area (Å²) in [5, 5.41) is 0.369. The predicted octanol–water partition coefficient (Wildman–Crippen LogP) is 1.96. The minimum absolute atomic E-state index is 0.0424. The normalized spacial score (nSPS) is 21.4. The second-order valence-corrected chi connectivity index (χ2v) is 7.17. The lowest BCUT2D eigenvalue weighted by Crippen LogP contribution is -2.29. The Morgan fingerprint density at radius 1 is 1.50 bits per heavy atom. The highest BCUT2D eigenvalue weighted by molar-refractivity contribution is 7.46. The van der Waals surface area contributed by atoms with Crippen LogP contribution in [0.1, 0.15) is 26.0 Å². The van der Waals surface area contributed by atoms with Crippen LogP contribution in [-0.4, -0.2) is 55.5 Å². The maximum atomic E-state index is 11.7. The number of carbonyl (C=O) groups excluding carboxylic acids is 1. The molecule has 3 atom stereocenters. The second-order valence-electron chi connectivity index (χ2n) is 5.68. The third-order valence-electron chi connectivity index (χ3n) is 3.92. The number of ether oxygens (including phenoxy) is 3. The molecular weight excluding hydrogens is 385 g/mol. The third kappa shape index (κ3) is 4.31. The highest BCUT2D eigenvalue weighted by Crippen LogP contribution is 2.35. The molecule has 2 aromatic heterocycles. The smallest absolute Gasteiger partial charge is 0.344 e. The molecule has 3 heterocycles. The summed E-state index contributed by atoms with van der Waals surface area (Å²) in [7, 11) is -2.60. The summed E-state index contributed by atoms with van der Waals surface area (Å²) in [5.41, 5.74) is 1.34. The van der Waals surface area contributed by atoms with Crippen molar-refractivity contribution in [3.8, 4) is 0 Å². The van der Waals surface area contributed by atoms with E-state index in [-0.39, 0.29) is 25.5 Å². The quantitative estimate of drug-likeness (QED) is 0.409. The van der Waals surface area contributed by atoms with Crippen molar-refractivity contribution in [2.45, 2.75) is 37.9 Å². The third-order valence-corrected chi connectivity index (χ3v) is 4.91. The Hall–Kier alpha value is -1.35. The fourth-order valence-electron chi connectivity index (χ4n) is 2.75. The molecule has 0 spiro atoms. The number of hydrogen-bond donors (Lipinski definition) is 2. The molecule has 0 aromatic carbocycles. The van der Waals surface area contributed by atoms with Crippen molar-refractivity contribution in [1.29, 1.82) is 0 Å². The lowest BCUT2D eigenvalue weighted by atomic mass is 10.2. The zero-order chi connectivity index (χ0) is 18.7. The average Bonchev–Trinajstić information content (AvgIpc) is 3.21. The molecule has 26 heavy (non-hydrogen) atoms. The van der Waals surface area contributed by atoms with Crippen molar-refractivity contribution < 1.29 is 28.8 Å². The van der Waals surface area contributed by atoms with Crippen molar-refractivity contribution >= 4 is 37.1 Å². The van der Waals surface area contributed by atoms with Gasteiger partial charge in [-0.3, -0.25) is 4.57 Å². The Morgan fingerprint density at radius 2 is 2.31 bits per heavy atom. The summed E-state index contributed by atoms with van der Waals surface area (Å²) in [6, 6.07) is 3.45. The molecule has 0 amide bonds. The van der Waals surface area contributed by atoms with Crippen LogP contribution in [0.3, 0.4) is 0 Å². The van der Waals surface area contributed by atoms with E-state index in [0.29, 0.717) is 29.2 Å². The summed E-state index contributed by atoms with van der Waals surface area (Å²) in [6.45, 7) is 1.81. The molecule has 3 unspecified atom stereocenters. The SMILES string of the molecule is CCOC(=O)C(OCC1CCC(n2cnc3ccc(Cl)nc32)O1)P(O)O. The van der Waals surface area contributed by atoms with Crippen molar-refractivity contribution in [1.82, 2.24) is 14.5 Å². The Balaban J connectivity index is 1.61. The van der Waals surface area contributed by atoms with Crippen molar-refractivity contribution in [3.05, 3.63) is 23.6 Å². The number of imidazole rings is 1. The standard InChI is InChI=1S/C15H19ClN3O6P/c1-2-23-14(20)15(26(21)22)24-7-9-3-6-12(25-9)19-8-17-10-4-5-11(16)18-13(10)19/h4-5,8-9,12,15,21-22H,2-3,6-7H2,1H3. The number of carbonyl (C=O) groups is 1. The number of pyridine rings is 1. The van der Waals surface area contributed by atoms with Crippen LogP contribution in [0, 0.1) is 0 Å². The van der Waals surface area contributed by atoms with E-state index in [1.165, 1.54) is 0 Å². The first-order valence-electron chi connectivity index (χ1n) is 8.09. The fourth-order valence-corrected chi connectivity index (χ4v) is 3.38. The second kappa shape index (κ2) is 8.56. The molecule has 0 bridgehead atoms. The summed E-state index contributed by atoms with van der Waals surface area (Å²) in [6.07, 6.45) is 2.43. The van der Waals surface area contributed by atoms with E-state index in [9.17, 15) is 14.6 Å². The van der Waals surface area contributed by atoms with E-state index in [2.05, 4.69) is 9.97 Å². The number of esters is 1. The zero-order valence-corrected chi connectivity index (χ0v) is 15.6. The van der Waals surface area contributed by atoms with Gasteiger partial charge in [0.15, 0.2) is 5.65 Å². The number of rotatable bonds is 7. The summed E-state index contributed by atoms with van der Waals surface area (Å²) in [4.78, 5) is 38.9. The summed E-state index contributed by atoms with van der Waals surface area (Å²) >= 11 is 5.95. The molecule has 2 N–H and O–H groups in total. The van der Waals surface area contributed by atoms with Gasteiger partial charge >= 0.3 is 5.97 Å². The monoisotopic (exact) mass is 403 g/mol. The zero-order valence-electron chi connectivity index (χ0n) is 14.0. The van der Waals surface area contributed by atoms with E-state index in [4.69, 9.17) is 25.8 Å². The van der Waals surface area contributed by atoms with Crippen molar-refractivity contribution in [2.24, 2.45) is 0 Å². The molecule has 1 aliphatic heterocycles. The topological polar surface area (TPSA) is 116 Å². The van der Waals surface area contributed by atoms with Gasteiger partial charge in [0.2, 0.25) is 14.2 Å². The highest BCUT2D eigenvalue weighted by Gasteiger charge is 2.33. The van der Waals surface area contributed by atoms with Crippen LogP contribution in [-0.2, 0) is 19.0 Å². The minimum Gasteiger partial charge on any atom is -0.464 e. The molecule has 142 valence electrons. The number of aromatic nitrogens is 3. The molecule has 1 aliphatic rings. The van der Waals surface area contributed by atoms with Gasteiger partial charge in [-0.2, -0.15) is 0 Å². The predicted molar refractivity (Wildman–Crippen MR) is 93.4 cm³/mol. The van der Waals surface area contributed by atoms with Crippen LogP contribution in [0.25, 0.3) is 11.2 Å². The van der Waals surface area contributed by atoms with Crippen molar-refractivity contribution in [2.75, 3.05) is 13.2 Å². The number of hydrogen-bond acceptors (Lipinski definition) is 8. The van der Waals surface area contributed by atoms with Crippen LogP contribution < -0.4 is 0 Å². The highest BCUT2D eigenvalue weighted by atomic mass is 35.5. The molecule has 0 saturated carbocycles. The molecule has 1 fully saturated rings. The first kappa shape index (κ1) is 19.4. The lowest BCUT2D eigenvalue weighted by molar-refractivity contribution is -0.153. The molecule has 2 aromatic rings. The van der Waals surface area contributed by atoms with E-state index in [1.54, 1.807) is 30.0 Å². The fraction of sp³-hybridized carbons (Fsp3) is 0.533. The molecule has 3 rings (SSSR count). The molecule has 0 aliphatic carbocycles. The Bertz CT molecular complexity index is 773. The van der Waals surface area contributed by atoms with E-state index in [1.807, 2.05) is 0 Å². The molecule has 0 radical (unpaired) electrons. The van der Waals surface area contributed by atoms with Gasteiger partial charge in [-0.1, -0.05) is 11.6 Å². The van der Waals surface area contributed by atoms with E-state index < -0.39 is 20.2 Å². The molecule has 11 heteroatoms. The van der Waals surface area contributed by atoms with Gasteiger partial charge in [-0.25, -0.2) is 14.8 Å². The van der Waals surface area contributed by atoms with Gasteiger partial charge in [-0.05, 0) is 31.9 Å². The minimum atomic E-state index is -2.60. The largest absolute Gasteiger partial charge is 0.464 e. The number of fused-ring (bicyclic) bond motifs is 1. The number of halogens is 1. The Morgan fingerprint density at radius 3 is 3.04 bits per heavy atom. The van der Waals surface area contributed by atoms with Crippen molar-refractivity contribution in [3.63, 3.8) is 0 Å². The lowest BCUT2D eigenvalue weighted by Gasteiger charge is -2.20. The summed E-state index contributed by atoms with van der Waals surface area (Å²) < 4.78 is 17.9. The Labute approximate surface area is 155 Å². The van der Waals surface area contributed by atoms with Gasteiger partial charge in [-0.15, -0.1) is 0 Å². The van der Waals surface area contributed by atoms with Gasteiger partial charge in [0, 0.05) is 0 Å². The summed E-state index contributed by atoms with van der Waals surface area (Å²) in [5.74, 6) is -2.19. The van der Waals surface area contributed by atoms with E-state index in [0.717, 1.165) is 0 Å². The van der Waals surface area contributed by atoms with Crippen LogP contribution >= 0.6 is 20.0 Å².